The number of ketones is 2. The predicted octanol–water partition coefficient (Wildman–Crippen LogP) is 8.82. The molecule has 0 saturated carbocycles. The first-order chi connectivity index (χ1) is 28.0. The summed E-state index contributed by atoms with van der Waals surface area (Å²) in [4.78, 5) is 72.8. The van der Waals surface area contributed by atoms with Crippen LogP contribution < -0.4 is 4.74 Å². The third-order valence-electron chi connectivity index (χ3n) is 9.16. The number of ether oxygens (including phenoxy) is 5. The Balaban J connectivity index is 1.92. The molecule has 316 valence electrons. The van der Waals surface area contributed by atoms with Gasteiger partial charge >= 0.3 is 23.9 Å². The topological polar surface area (TPSA) is 149 Å². The molecule has 0 heterocycles. The maximum absolute atomic E-state index is 15.5. The monoisotopic (exact) mass is 814 g/mol. The highest BCUT2D eigenvalue weighted by atomic mass is 19.1. The Bertz CT molecular complexity index is 1960. The highest BCUT2D eigenvalue weighted by molar-refractivity contribution is 5.94. The third kappa shape index (κ3) is 16.1. The molecule has 0 saturated heterocycles. The van der Waals surface area contributed by atoms with Gasteiger partial charge in [-0.25, -0.2) is 14.0 Å². The number of benzene rings is 3. The second-order valence-corrected chi connectivity index (χ2v) is 15.0. The minimum Gasteiger partial charge on any atom is -0.493 e. The Hall–Kier alpha value is -5.91. The number of hydrogen-bond donors (Lipinski definition) is 0. The smallest absolute Gasteiger partial charge is 0.333 e. The van der Waals surface area contributed by atoms with Crippen molar-refractivity contribution in [3.05, 3.63) is 102 Å². The van der Waals surface area contributed by atoms with E-state index in [-0.39, 0.29) is 30.2 Å². The van der Waals surface area contributed by atoms with Crippen molar-refractivity contribution in [2.45, 2.75) is 92.6 Å². The van der Waals surface area contributed by atoms with Gasteiger partial charge in [0.1, 0.15) is 74.4 Å². The van der Waals surface area contributed by atoms with Crippen molar-refractivity contribution in [2.75, 3.05) is 26.4 Å². The lowest BCUT2D eigenvalue weighted by Gasteiger charge is -2.32. The lowest BCUT2D eigenvalue weighted by atomic mass is 9.92. The van der Waals surface area contributed by atoms with Gasteiger partial charge in [0.15, 0.2) is 0 Å². The van der Waals surface area contributed by atoms with Crippen LogP contribution in [0.15, 0.2) is 85.0 Å². The van der Waals surface area contributed by atoms with Gasteiger partial charge in [0.25, 0.3) is 0 Å². The van der Waals surface area contributed by atoms with Crippen LogP contribution in [-0.2, 0) is 60.7 Å². The first kappa shape index (κ1) is 47.5. The van der Waals surface area contributed by atoms with Crippen LogP contribution in [0, 0.1) is 11.2 Å². The van der Waals surface area contributed by atoms with Crippen molar-refractivity contribution >= 4 is 35.4 Å². The van der Waals surface area contributed by atoms with E-state index in [0.29, 0.717) is 33.6 Å². The normalized spacial score (nSPS) is 10.9. The summed E-state index contributed by atoms with van der Waals surface area (Å²) in [6.07, 6.45) is 5.40. The summed E-state index contributed by atoms with van der Waals surface area (Å²) >= 11 is 0. The minimum atomic E-state index is -1.47. The molecular weight excluding hydrogens is 760 g/mol. The average Bonchev–Trinajstić information content (AvgIpc) is 3.18. The standard InChI is InChI=1S/C47H55FO11/c1-8-9-10-11-12-13-35-14-20-41(42(48)24-35)37-17-21-40(38(25-37)26-55-45(53)31(2)3)36-15-18-39(19-16-36)56-27-47(30-59-46(54)32(4)5,28-57-43(51)22-33(6)49)29-58-44(52)23-34(7)50/h14-21,24-25H,2,4,8-13,22-23,26-30H2,1,3,5-7H3. The van der Waals surface area contributed by atoms with E-state index < -0.39 is 73.5 Å². The van der Waals surface area contributed by atoms with E-state index in [4.69, 9.17) is 23.7 Å². The highest BCUT2D eigenvalue weighted by Crippen LogP contribution is 2.33. The number of esters is 4. The number of unbranched alkanes of at least 4 members (excludes halogenated alkanes) is 4. The fourth-order valence-electron chi connectivity index (χ4n) is 5.84. The highest BCUT2D eigenvalue weighted by Gasteiger charge is 2.38. The average molecular weight is 815 g/mol. The predicted molar refractivity (Wildman–Crippen MR) is 221 cm³/mol. The Kier molecular flexibility index (Phi) is 18.9. The first-order valence-electron chi connectivity index (χ1n) is 19.6. The summed E-state index contributed by atoms with van der Waals surface area (Å²) in [6.45, 7) is 13.0. The van der Waals surface area contributed by atoms with Crippen molar-refractivity contribution in [3.63, 3.8) is 0 Å². The van der Waals surface area contributed by atoms with Gasteiger partial charge < -0.3 is 23.7 Å². The van der Waals surface area contributed by atoms with Gasteiger partial charge in [0, 0.05) is 16.7 Å². The number of hydrogen-bond acceptors (Lipinski definition) is 11. The molecule has 3 aromatic carbocycles. The van der Waals surface area contributed by atoms with Crippen LogP contribution in [0.25, 0.3) is 22.3 Å². The molecule has 0 unspecified atom stereocenters. The SMILES string of the molecule is C=C(C)C(=O)OCc1cc(-c2ccc(CCCCCCC)cc2F)ccc1-c1ccc(OCC(COC(=O)CC(C)=O)(COC(=O)CC(C)=O)COC(=O)C(=C)C)cc1. The minimum absolute atomic E-state index is 0.0888. The number of Topliss-reactive ketones (excluding diaryl/α,β-unsaturated/α-hetero) is 2. The van der Waals surface area contributed by atoms with Crippen molar-refractivity contribution in [1.82, 2.24) is 0 Å². The fourth-order valence-corrected chi connectivity index (χ4v) is 5.84. The first-order valence-corrected chi connectivity index (χ1v) is 19.6. The van der Waals surface area contributed by atoms with Crippen molar-refractivity contribution in [2.24, 2.45) is 5.41 Å². The second kappa shape index (κ2) is 23.5. The van der Waals surface area contributed by atoms with Crippen molar-refractivity contribution < 1.29 is 56.8 Å². The number of aryl methyl sites for hydroxylation is 1. The Morgan fingerprint density at radius 2 is 1.15 bits per heavy atom. The van der Waals surface area contributed by atoms with Gasteiger partial charge in [-0.15, -0.1) is 0 Å². The van der Waals surface area contributed by atoms with Crippen LogP contribution in [0.5, 0.6) is 5.75 Å². The lowest BCUT2D eigenvalue weighted by Crippen LogP contribution is -2.44. The van der Waals surface area contributed by atoms with Crippen LogP contribution in [0.4, 0.5) is 4.39 Å². The number of carbonyl (C=O) groups is 6. The summed E-state index contributed by atoms with van der Waals surface area (Å²) < 4.78 is 43.3. The molecule has 0 N–H and O–H groups in total. The van der Waals surface area contributed by atoms with Gasteiger partial charge in [-0.1, -0.05) is 82.2 Å². The number of carbonyl (C=O) groups excluding carboxylic acids is 6. The summed E-state index contributed by atoms with van der Waals surface area (Å²) in [5.74, 6) is -3.92. The molecule has 0 amide bonds. The summed E-state index contributed by atoms with van der Waals surface area (Å²) in [7, 11) is 0. The largest absolute Gasteiger partial charge is 0.493 e. The quantitative estimate of drug-likeness (QED) is 0.0266. The van der Waals surface area contributed by atoms with E-state index in [0.717, 1.165) is 31.2 Å². The van der Waals surface area contributed by atoms with E-state index in [1.54, 1.807) is 55.5 Å². The molecule has 0 aliphatic carbocycles. The van der Waals surface area contributed by atoms with Crippen LogP contribution in [0.2, 0.25) is 0 Å². The Labute approximate surface area is 345 Å². The zero-order valence-corrected chi connectivity index (χ0v) is 34.7. The van der Waals surface area contributed by atoms with Gasteiger partial charge in [-0.2, -0.15) is 0 Å². The third-order valence-corrected chi connectivity index (χ3v) is 9.16. The van der Waals surface area contributed by atoms with Gasteiger partial charge in [-0.05, 0) is 92.6 Å². The number of halogens is 1. The molecule has 0 bridgehead atoms. The van der Waals surface area contributed by atoms with E-state index in [9.17, 15) is 28.8 Å². The van der Waals surface area contributed by atoms with Gasteiger partial charge in [0.05, 0.1) is 0 Å². The second-order valence-electron chi connectivity index (χ2n) is 15.0. The zero-order valence-electron chi connectivity index (χ0n) is 34.7. The van der Waals surface area contributed by atoms with E-state index in [2.05, 4.69) is 20.1 Å². The van der Waals surface area contributed by atoms with Gasteiger partial charge in [0.2, 0.25) is 0 Å². The molecule has 0 atom stereocenters. The van der Waals surface area contributed by atoms with Crippen molar-refractivity contribution in [1.29, 1.82) is 0 Å². The molecule has 0 radical (unpaired) electrons. The molecule has 12 heteroatoms. The fraction of sp³-hybridized carbons (Fsp3) is 0.404. The molecule has 0 aliphatic rings. The Morgan fingerprint density at radius 3 is 1.71 bits per heavy atom. The summed E-state index contributed by atoms with van der Waals surface area (Å²) in [5.41, 5.74) is 2.84. The van der Waals surface area contributed by atoms with Crippen LogP contribution >= 0.6 is 0 Å². The molecule has 0 aromatic heterocycles. The Morgan fingerprint density at radius 1 is 0.610 bits per heavy atom. The molecule has 0 aliphatic heterocycles. The molecule has 0 fully saturated rings. The van der Waals surface area contributed by atoms with Crippen LogP contribution in [0.1, 0.15) is 90.7 Å². The van der Waals surface area contributed by atoms with Crippen LogP contribution in [-0.4, -0.2) is 61.9 Å². The maximum Gasteiger partial charge on any atom is 0.333 e. The number of rotatable bonds is 25. The molecule has 3 rings (SSSR count). The molecule has 0 spiro atoms. The van der Waals surface area contributed by atoms with E-state index in [1.165, 1.54) is 33.6 Å². The zero-order chi connectivity index (χ0) is 43.5. The molecule has 11 nitrogen and oxygen atoms in total. The van der Waals surface area contributed by atoms with Gasteiger partial charge in [-0.3, -0.25) is 19.2 Å². The van der Waals surface area contributed by atoms with E-state index in [1.807, 2.05) is 12.1 Å². The summed E-state index contributed by atoms with van der Waals surface area (Å²) in [6, 6.07) is 17.5. The van der Waals surface area contributed by atoms with E-state index >= 15 is 4.39 Å². The molecule has 3 aromatic rings. The van der Waals surface area contributed by atoms with Crippen molar-refractivity contribution in [3.8, 4) is 28.0 Å². The van der Waals surface area contributed by atoms with Crippen LogP contribution in [0.3, 0.4) is 0 Å². The maximum atomic E-state index is 15.5. The lowest BCUT2D eigenvalue weighted by molar-refractivity contribution is -0.163. The molecule has 59 heavy (non-hydrogen) atoms. The summed E-state index contributed by atoms with van der Waals surface area (Å²) in [5, 5.41) is 0. The molecular formula is C47H55FO11.